The van der Waals surface area contributed by atoms with Gasteiger partial charge in [0.2, 0.25) is 0 Å². The van der Waals surface area contributed by atoms with Gasteiger partial charge in [-0.05, 0) is 15.9 Å². The number of halogens is 3. The molecule has 3 nitrogen and oxygen atoms in total. The van der Waals surface area contributed by atoms with E-state index in [-0.39, 0.29) is 15.8 Å². The maximum atomic E-state index is 12.3. The van der Waals surface area contributed by atoms with Crippen LogP contribution in [0.1, 0.15) is 17.7 Å². The highest BCUT2D eigenvalue weighted by molar-refractivity contribution is 9.10. The number of hydrogen-bond acceptors (Lipinski definition) is 3. The average Bonchev–Trinajstić information content (AvgIpc) is 2.09. The molecule has 1 rings (SSSR count). The summed E-state index contributed by atoms with van der Waals surface area (Å²) in [5.41, 5.74) is -0.609. The molecule has 0 unspecified atom stereocenters. The van der Waals surface area contributed by atoms with Crippen LogP contribution in [0.3, 0.4) is 0 Å². The first kappa shape index (κ1) is 10.3. The average molecular weight is 254 g/mol. The number of hydrogen-bond donors (Lipinski definition) is 2. The Hall–Kier alpha value is -0.750. The molecule has 0 fully saturated rings. The van der Waals surface area contributed by atoms with E-state index in [0.29, 0.717) is 0 Å². The number of nitrogens with zero attached hydrogens (tertiary/aromatic N) is 1. The minimum Gasteiger partial charge on any atom is -0.505 e. The number of aromatic hydroxyl groups is 1. The van der Waals surface area contributed by atoms with Crippen molar-refractivity contribution >= 4 is 15.9 Å². The van der Waals surface area contributed by atoms with Gasteiger partial charge in [0.25, 0.3) is 6.43 Å². The summed E-state index contributed by atoms with van der Waals surface area (Å²) in [6.07, 6.45) is -1.86. The number of aliphatic hydroxyl groups is 1. The summed E-state index contributed by atoms with van der Waals surface area (Å²) in [7, 11) is 0. The number of aromatic nitrogens is 1. The maximum Gasteiger partial charge on any atom is 0.280 e. The van der Waals surface area contributed by atoms with E-state index in [1.807, 2.05) is 0 Å². The number of pyridine rings is 1. The molecule has 2 N–H and O–H groups in total. The Morgan fingerprint density at radius 2 is 2.15 bits per heavy atom. The van der Waals surface area contributed by atoms with Crippen LogP contribution in [0.5, 0.6) is 5.75 Å². The number of aliphatic hydroxyl groups excluding tert-OH is 1. The zero-order chi connectivity index (χ0) is 10.0. The third kappa shape index (κ3) is 1.94. The fourth-order valence-corrected chi connectivity index (χ4v) is 1.30. The monoisotopic (exact) mass is 253 g/mol. The standard InChI is InChI=1S/C7H6BrF2NO2/c8-5-3(2-12)6(7(9)10)11-1-4(5)13/h1,7,12-13H,2H2. The van der Waals surface area contributed by atoms with Gasteiger partial charge >= 0.3 is 0 Å². The second-order valence-corrected chi connectivity index (χ2v) is 3.07. The molecule has 0 saturated carbocycles. The van der Waals surface area contributed by atoms with E-state index in [0.717, 1.165) is 6.20 Å². The molecule has 6 heteroatoms. The third-order valence-electron chi connectivity index (χ3n) is 1.49. The predicted octanol–water partition coefficient (Wildman–Crippen LogP) is 1.98. The highest BCUT2D eigenvalue weighted by atomic mass is 79.9. The van der Waals surface area contributed by atoms with Crippen molar-refractivity contribution in [2.24, 2.45) is 0 Å². The molecule has 0 bridgehead atoms. The van der Waals surface area contributed by atoms with Crippen LogP contribution < -0.4 is 0 Å². The normalized spacial score (nSPS) is 10.8. The van der Waals surface area contributed by atoms with Crippen molar-refractivity contribution in [3.05, 3.63) is 21.9 Å². The highest BCUT2D eigenvalue weighted by Crippen LogP contribution is 2.32. The Bertz CT molecular complexity index is 320. The highest BCUT2D eigenvalue weighted by Gasteiger charge is 2.18. The zero-order valence-corrected chi connectivity index (χ0v) is 7.92. The number of alkyl halides is 2. The molecule has 13 heavy (non-hydrogen) atoms. The Morgan fingerprint density at radius 3 is 2.62 bits per heavy atom. The fraction of sp³-hybridized carbons (Fsp3) is 0.286. The van der Waals surface area contributed by atoms with E-state index >= 15 is 0 Å². The predicted molar refractivity (Wildman–Crippen MR) is 44.5 cm³/mol. The van der Waals surface area contributed by atoms with Gasteiger partial charge in [0.1, 0.15) is 11.4 Å². The minimum atomic E-state index is -2.76. The molecule has 0 spiro atoms. The molecule has 0 aliphatic rings. The van der Waals surface area contributed by atoms with Gasteiger partial charge in [-0.1, -0.05) is 0 Å². The van der Waals surface area contributed by atoms with Crippen molar-refractivity contribution in [1.82, 2.24) is 4.98 Å². The number of rotatable bonds is 2. The lowest BCUT2D eigenvalue weighted by atomic mass is 10.2. The molecule has 0 saturated heterocycles. The van der Waals surface area contributed by atoms with E-state index < -0.39 is 18.7 Å². The van der Waals surface area contributed by atoms with E-state index in [1.54, 1.807) is 0 Å². The Morgan fingerprint density at radius 1 is 1.54 bits per heavy atom. The van der Waals surface area contributed by atoms with Crippen LogP contribution in [0, 0.1) is 0 Å². The summed E-state index contributed by atoms with van der Waals surface area (Å²) in [4.78, 5) is 3.32. The zero-order valence-electron chi connectivity index (χ0n) is 6.34. The van der Waals surface area contributed by atoms with Gasteiger partial charge in [-0.15, -0.1) is 0 Å². The van der Waals surface area contributed by atoms with E-state index in [2.05, 4.69) is 20.9 Å². The largest absolute Gasteiger partial charge is 0.505 e. The van der Waals surface area contributed by atoms with Crippen LogP contribution in [0.15, 0.2) is 10.7 Å². The molecule has 0 atom stereocenters. The van der Waals surface area contributed by atoms with Gasteiger partial charge in [-0.25, -0.2) is 8.78 Å². The summed E-state index contributed by atoms with van der Waals surface area (Å²) < 4.78 is 24.6. The van der Waals surface area contributed by atoms with Gasteiger partial charge in [-0.3, -0.25) is 4.98 Å². The van der Waals surface area contributed by atoms with Crippen molar-refractivity contribution in [3.8, 4) is 5.75 Å². The first-order valence-corrected chi connectivity index (χ1v) is 4.12. The molecule has 0 radical (unpaired) electrons. The smallest absolute Gasteiger partial charge is 0.280 e. The van der Waals surface area contributed by atoms with Gasteiger partial charge in [0.05, 0.1) is 17.3 Å². The van der Waals surface area contributed by atoms with Crippen LogP contribution in [0.4, 0.5) is 8.78 Å². The van der Waals surface area contributed by atoms with Crippen molar-refractivity contribution in [1.29, 1.82) is 0 Å². The van der Waals surface area contributed by atoms with Crippen LogP contribution in [-0.2, 0) is 6.61 Å². The molecule has 0 aliphatic carbocycles. The van der Waals surface area contributed by atoms with Crippen molar-refractivity contribution < 1.29 is 19.0 Å². The first-order valence-electron chi connectivity index (χ1n) is 3.33. The lowest BCUT2D eigenvalue weighted by Crippen LogP contribution is -1.99. The van der Waals surface area contributed by atoms with E-state index in [4.69, 9.17) is 10.2 Å². The molecule has 0 aliphatic heterocycles. The van der Waals surface area contributed by atoms with Crippen LogP contribution >= 0.6 is 15.9 Å². The quantitative estimate of drug-likeness (QED) is 0.848. The molecular weight excluding hydrogens is 248 g/mol. The molecule has 0 amide bonds. The summed E-state index contributed by atoms with van der Waals surface area (Å²) in [5.74, 6) is -0.270. The molecule has 72 valence electrons. The first-order chi connectivity index (χ1) is 6.07. The molecule has 1 aromatic heterocycles. The summed E-state index contributed by atoms with van der Waals surface area (Å²) in [5, 5.41) is 17.8. The third-order valence-corrected chi connectivity index (χ3v) is 2.37. The maximum absolute atomic E-state index is 12.3. The lowest BCUT2D eigenvalue weighted by molar-refractivity contribution is 0.141. The summed E-state index contributed by atoms with van der Waals surface area (Å²) in [6, 6.07) is 0. The Balaban J connectivity index is 3.30. The fourth-order valence-electron chi connectivity index (χ4n) is 0.871. The van der Waals surface area contributed by atoms with Gasteiger partial charge in [0, 0.05) is 5.56 Å². The molecular formula is C7H6BrF2NO2. The minimum absolute atomic E-state index is 0.0558. The lowest BCUT2D eigenvalue weighted by Gasteiger charge is -2.08. The van der Waals surface area contributed by atoms with E-state index in [9.17, 15) is 8.78 Å². The van der Waals surface area contributed by atoms with Gasteiger partial charge in [-0.2, -0.15) is 0 Å². The Kier molecular flexibility index (Phi) is 3.16. The van der Waals surface area contributed by atoms with E-state index in [1.165, 1.54) is 0 Å². The molecule has 1 heterocycles. The van der Waals surface area contributed by atoms with Gasteiger partial charge in [0.15, 0.2) is 0 Å². The second-order valence-electron chi connectivity index (χ2n) is 2.28. The second kappa shape index (κ2) is 3.97. The van der Waals surface area contributed by atoms with Crippen molar-refractivity contribution in [2.45, 2.75) is 13.0 Å². The van der Waals surface area contributed by atoms with Crippen molar-refractivity contribution in [2.75, 3.05) is 0 Å². The van der Waals surface area contributed by atoms with Crippen LogP contribution in [0.25, 0.3) is 0 Å². The van der Waals surface area contributed by atoms with Gasteiger partial charge < -0.3 is 10.2 Å². The summed E-state index contributed by atoms with van der Waals surface area (Å²) in [6.45, 7) is -0.596. The summed E-state index contributed by atoms with van der Waals surface area (Å²) >= 11 is 2.88. The Labute approximate surface area is 81.2 Å². The van der Waals surface area contributed by atoms with Crippen LogP contribution in [-0.4, -0.2) is 15.2 Å². The van der Waals surface area contributed by atoms with Crippen LogP contribution in [0.2, 0.25) is 0 Å². The van der Waals surface area contributed by atoms with Crippen molar-refractivity contribution in [3.63, 3.8) is 0 Å². The molecule has 1 aromatic rings. The topological polar surface area (TPSA) is 53.4 Å². The molecule has 0 aromatic carbocycles. The SMILES string of the molecule is OCc1c(C(F)F)ncc(O)c1Br.